The smallest absolute Gasteiger partial charge is 0.263 e. The average Bonchev–Trinajstić information content (AvgIpc) is 3.06. The Morgan fingerprint density at radius 1 is 1.11 bits per heavy atom. The van der Waals surface area contributed by atoms with E-state index in [2.05, 4.69) is 15.2 Å². The van der Waals surface area contributed by atoms with Gasteiger partial charge in [0.2, 0.25) is 0 Å². The molecule has 1 heterocycles. The summed E-state index contributed by atoms with van der Waals surface area (Å²) < 4.78 is 37.2. The number of benzene rings is 2. The molecule has 140 valence electrons. The molecule has 9 heteroatoms. The van der Waals surface area contributed by atoms with Crippen LogP contribution in [0.2, 0.25) is 0 Å². The van der Waals surface area contributed by atoms with Gasteiger partial charge in [-0.1, -0.05) is 17.3 Å². The largest absolute Gasteiger partial charge is 0.497 e. The summed E-state index contributed by atoms with van der Waals surface area (Å²) in [4.78, 5) is 12.4. The van der Waals surface area contributed by atoms with Crippen molar-refractivity contribution in [3.63, 3.8) is 0 Å². The molecule has 0 radical (unpaired) electrons. The van der Waals surface area contributed by atoms with Crippen molar-refractivity contribution in [3.05, 3.63) is 65.9 Å². The van der Waals surface area contributed by atoms with Crippen LogP contribution in [0.15, 0.2) is 64.0 Å². The molecule has 2 aromatic carbocycles. The van der Waals surface area contributed by atoms with E-state index in [1.165, 1.54) is 37.4 Å². The van der Waals surface area contributed by atoms with Crippen molar-refractivity contribution in [2.45, 2.75) is 11.8 Å². The Morgan fingerprint density at radius 3 is 2.59 bits per heavy atom. The molecular formula is C18H17N3O5S. The number of hydrogen-bond acceptors (Lipinski definition) is 6. The van der Waals surface area contributed by atoms with Gasteiger partial charge < -0.3 is 14.6 Å². The summed E-state index contributed by atoms with van der Waals surface area (Å²) in [5, 5.41) is 6.30. The van der Waals surface area contributed by atoms with Crippen molar-refractivity contribution in [1.29, 1.82) is 0 Å². The van der Waals surface area contributed by atoms with Gasteiger partial charge in [0.05, 0.1) is 12.0 Å². The summed E-state index contributed by atoms with van der Waals surface area (Å²) in [5.41, 5.74) is 0.723. The number of rotatable bonds is 6. The van der Waals surface area contributed by atoms with Crippen LogP contribution in [0.4, 0.5) is 11.5 Å². The van der Waals surface area contributed by atoms with E-state index in [1.807, 2.05) is 0 Å². The maximum absolute atomic E-state index is 12.5. The zero-order valence-corrected chi connectivity index (χ0v) is 15.4. The molecule has 1 amide bonds. The average molecular weight is 387 g/mol. The monoisotopic (exact) mass is 387 g/mol. The van der Waals surface area contributed by atoms with Crippen LogP contribution in [0.25, 0.3) is 0 Å². The van der Waals surface area contributed by atoms with Gasteiger partial charge in [0.1, 0.15) is 11.5 Å². The van der Waals surface area contributed by atoms with E-state index >= 15 is 0 Å². The Balaban J connectivity index is 1.80. The lowest BCUT2D eigenvalue weighted by Crippen LogP contribution is -2.16. The minimum Gasteiger partial charge on any atom is -0.497 e. The topological polar surface area (TPSA) is 111 Å². The van der Waals surface area contributed by atoms with Crippen LogP contribution in [-0.4, -0.2) is 26.6 Å². The number of ether oxygens (including phenoxy) is 1. The molecule has 0 aliphatic carbocycles. The highest BCUT2D eigenvalue weighted by molar-refractivity contribution is 7.92. The summed E-state index contributed by atoms with van der Waals surface area (Å²) in [5.74, 6) is 0.687. The standard InChI is InChI=1S/C18H17N3O5S/c1-12-9-17(20-26-12)21-27(23,24)16-8-3-5-13(10-16)18(22)19-14-6-4-7-15(11-14)25-2/h3-11H,1-2H3,(H,19,22)(H,20,21). The van der Waals surface area contributed by atoms with Crippen molar-refractivity contribution in [2.75, 3.05) is 17.1 Å². The van der Waals surface area contributed by atoms with Crippen molar-refractivity contribution < 1.29 is 22.5 Å². The molecule has 2 N–H and O–H groups in total. The van der Waals surface area contributed by atoms with Gasteiger partial charge in [0.25, 0.3) is 15.9 Å². The van der Waals surface area contributed by atoms with E-state index in [9.17, 15) is 13.2 Å². The van der Waals surface area contributed by atoms with Crippen LogP contribution in [0.1, 0.15) is 16.1 Å². The second-order valence-corrected chi connectivity index (χ2v) is 7.32. The zero-order chi connectivity index (χ0) is 19.4. The Hall–Kier alpha value is -3.33. The molecule has 0 unspecified atom stereocenters. The van der Waals surface area contributed by atoms with E-state index in [0.717, 1.165) is 0 Å². The number of amides is 1. The molecule has 0 saturated carbocycles. The van der Waals surface area contributed by atoms with Gasteiger partial charge in [0.15, 0.2) is 5.82 Å². The molecule has 0 spiro atoms. The van der Waals surface area contributed by atoms with Crippen LogP contribution >= 0.6 is 0 Å². The number of methoxy groups -OCH3 is 1. The Labute approximate surface area is 156 Å². The lowest BCUT2D eigenvalue weighted by molar-refractivity contribution is 0.102. The van der Waals surface area contributed by atoms with Crippen LogP contribution in [-0.2, 0) is 10.0 Å². The van der Waals surface area contributed by atoms with E-state index in [1.54, 1.807) is 31.2 Å². The lowest BCUT2D eigenvalue weighted by atomic mass is 10.2. The molecule has 3 rings (SSSR count). The van der Waals surface area contributed by atoms with Gasteiger partial charge in [-0.15, -0.1) is 0 Å². The highest BCUT2D eigenvalue weighted by atomic mass is 32.2. The van der Waals surface area contributed by atoms with Crippen molar-refractivity contribution in [2.24, 2.45) is 0 Å². The number of nitrogens with one attached hydrogen (secondary N) is 2. The van der Waals surface area contributed by atoms with Crippen LogP contribution in [0, 0.1) is 6.92 Å². The number of carbonyl (C=O) groups excluding carboxylic acids is 1. The lowest BCUT2D eigenvalue weighted by Gasteiger charge is -2.09. The van der Waals surface area contributed by atoms with Gasteiger partial charge in [-0.05, 0) is 37.3 Å². The van der Waals surface area contributed by atoms with Gasteiger partial charge in [-0.3, -0.25) is 9.52 Å². The van der Waals surface area contributed by atoms with Crippen molar-refractivity contribution >= 4 is 27.4 Å². The quantitative estimate of drug-likeness (QED) is 0.673. The maximum Gasteiger partial charge on any atom is 0.263 e. The molecule has 0 aliphatic heterocycles. The van der Waals surface area contributed by atoms with Crippen molar-refractivity contribution in [1.82, 2.24) is 5.16 Å². The van der Waals surface area contributed by atoms with E-state index < -0.39 is 15.9 Å². The van der Waals surface area contributed by atoms with Crippen molar-refractivity contribution in [3.8, 4) is 5.75 Å². The summed E-state index contributed by atoms with van der Waals surface area (Å²) in [6.07, 6.45) is 0. The summed E-state index contributed by atoms with van der Waals surface area (Å²) in [6.45, 7) is 1.65. The number of hydrogen-bond donors (Lipinski definition) is 2. The van der Waals surface area contributed by atoms with E-state index in [4.69, 9.17) is 9.26 Å². The highest BCUT2D eigenvalue weighted by Gasteiger charge is 2.18. The van der Waals surface area contributed by atoms with Gasteiger partial charge >= 0.3 is 0 Å². The molecule has 3 aromatic rings. The predicted molar refractivity (Wildman–Crippen MR) is 99.4 cm³/mol. The number of aromatic nitrogens is 1. The molecule has 1 aromatic heterocycles. The fourth-order valence-electron chi connectivity index (χ4n) is 2.32. The molecule has 8 nitrogen and oxygen atoms in total. The number of nitrogens with zero attached hydrogens (tertiary/aromatic N) is 1. The van der Waals surface area contributed by atoms with Crippen LogP contribution in [0.5, 0.6) is 5.75 Å². The molecule has 27 heavy (non-hydrogen) atoms. The molecule has 0 aliphatic rings. The Morgan fingerprint density at radius 2 is 1.89 bits per heavy atom. The van der Waals surface area contributed by atoms with Gasteiger partial charge in [-0.2, -0.15) is 0 Å². The van der Waals surface area contributed by atoms with Crippen LogP contribution in [0.3, 0.4) is 0 Å². The SMILES string of the molecule is COc1cccc(NC(=O)c2cccc(S(=O)(=O)Nc3cc(C)on3)c2)c1. The predicted octanol–water partition coefficient (Wildman–Crippen LogP) is 3.04. The fraction of sp³-hybridized carbons (Fsp3) is 0.111. The van der Waals surface area contributed by atoms with Crippen LogP contribution < -0.4 is 14.8 Å². The fourth-order valence-corrected chi connectivity index (χ4v) is 3.35. The second kappa shape index (κ2) is 7.50. The number of sulfonamides is 1. The number of anilines is 2. The molecule has 0 atom stereocenters. The summed E-state index contributed by atoms with van der Waals surface area (Å²) in [7, 11) is -2.39. The first kappa shape index (κ1) is 18.5. The molecule has 0 bridgehead atoms. The third kappa shape index (κ3) is 4.45. The first-order chi connectivity index (χ1) is 12.9. The van der Waals surface area contributed by atoms with E-state index in [0.29, 0.717) is 17.2 Å². The highest BCUT2D eigenvalue weighted by Crippen LogP contribution is 2.20. The zero-order valence-electron chi connectivity index (χ0n) is 14.6. The van der Waals surface area contributed by atoms with Gasteiger partial charge in [0, 0.05) is 23.4 Å². The number of aryl methyl sites for hydroxylation is 1. The molecule has 0 saturated heterocycles. The first-order valence-electron chi connectivity index (χ1n) is 7.89. The molecular weight excluding hydrogens is 370 g/mol. The minimum atomic E-state index is -3.91. The van der Waals surface area contributed by atoms with E-state index in [-0.39, 0.29) is 16.3 Å². The number of carbonyl (C=O) groups is 1. The third-order valence-electron chi connectivity index (χ3n) is 3.60. The summed E-state index contributed by atoms with van der Waals surface area (Å²) >= 11 is 0. The van der Waals surface area contributed by atoms with Gasteiger partial charge in [-0.25, -0.2) is 8.42 Å². The normalized spacial score (nSPS) is 11.0. The Kier molecular flexibility index (Phi) is 5.13. The minimum absolute atomic E-state index is 0.0681. The third-order valence-corrected chi connectivity index (χ3v) is 4.95. The summed E-state index contributed by atoms with van der Waals surface area (Å²) in [6, 6.07) is 14.0. The Bertz CT molecular complexity index is 1080. The molecule has 0 fully saturated rings. The first-order valence-corrected chi connectivity index (χ1v) is 9.37. The maximum atomic E-state index is 12.5. The second-order valence-electron chi connectivity index (χ2n) is 5.64.